The van der Waals surface area contributed by atoms with Gasteiger partial charge in [-0.05, 0) is 19.3 Å². The average molecular weight is 254 g/mol. The molecule has 0 aromatic carbocycles. The van der Waals surface area contributed by atoms with E-state index in [4.69, 9.17) is 5.11 Å². The third-order valence-electron chi connectivity index (χ3n) is 2.87. The Morgan fingerprint density at radius 3 is 2.88 bits per heavy atom. The first-order valence-electron chi connectivity index (χ1n) is 6.03. The molecule has 1 N–H and O–H groups in total. The Hall–Kier alpha value is -0.810. The van der Waals surface area contributed by atoms with Crippen molar-refractivity contribution in [1.29, 1.82) is 0 Å². The highest BCUT2D eigenvalue weighted by molar-refractivity contribution is 7.99. The molecule has 5 heteroatoms. The Labute approximate surface area is 105 Å². The molecule has 0 fully saturated rings. The largest absolute Gasteiger partial charge is 0.395 e. The van der Waals surface area contributed by atoms with Crippen molar-refractivity contribution in [2.75, 3.05) is 6.61 Å². The van der Waals surface area contributed by atoms with Crippen LogP contribution >= 0.6 is 11.8 Å². The number of hydrogen-bond donors (Lipinski definition) is 1. The summed E-state index contributed by atoms with van der Waals surface area (Å²) in [5, 5.41) is 10.3. The fourth-order valence-electron chi connectivity index (χ4n) is 2.24. The fourth-order valence-corrected chi connectivity index (χ4v) is 3.18. The van der Waals surface area contributed by atoms with Crippen LogP contribution in [0.2, 0.25) is 0 Å². The maximum atomic E-state index is 11.9. The normalized spacial score (nSPS) is 14.4. The lowest BCUT2D eigenvalue weighted by Gasteiger charge is -2.14. The van der Waals surface area contributed by atoms with E-state index >= 15 is 0 Å². The molecule has 1 aromatic rings. The third kappa shape index (κ3) is 2.55. The van der Waals surface area contributed by atoms with Crippen LogP contribution in [0.25, 0.3) is 0 Å². The number of fused-ring (bicyclic) bond motifs is 1. The van der Waals surface area contributed by atoms with Crippen molar-refractivity contribution >= 4 is 11.8 Å². The second-order valence-corrected chi connectivity index (χ2v) is 6.09. The lowest BCUT2D eigenvalue weighted by Crippen LogP contribution is -2.28. The highest BCUT2D eigenvalue weighted by atomic mass is 32.2. The van der Waals surface area contributed by atoms with Crippen LogP contribution in [0.4, 0.5) is 0 Å². The summed E-state index contributed by atoms with van der Waals surface area (Å²) in [5.74, 6) is 0. The lowest BCUT2D eigenvalue weighted by atomic mass is 10.2. The second kappa shape index (κ2) is 5.23. The predicted octanol–water partition coefficient (Wildman–Crippen LogP) is 1.22. The summed E-state index contributed by atoms with van der Waals surface area (Å²) in [7, 11) is 0. The molecule has 94 valence electrons. The van der Waals surface area contributed by atoms with Gasteiger partial charge in [0.25, 0.3) is 0 Å². The van der Waals surface area contributed by atoms with Gasteiger partial charge in [0.15, 0.2) is 0 Å². The Kier molecular flexibility index (Phi) is 3.89. The van der Waals surface area contributed by atoms with Crippen LogP contribution in [0.15, 0.2) is 9.82 Å². The molecule has 0 saturated carbocycles. The minimum atomic E-state index is -0.220. The van der Waals surface area contributed by atoms with Gasteiger partial charge in [0.1, 0.15) is 5.03 Å². The Balaban J connectivity index is 2.48. The van der Waals surface area contributed by atoms with Gasteiger partial charge >= 0.3 is 5.69 Å². The number of aliphatic hydroxyl groups excluding tert-OH is 1. The molecule has 0 amide bonds. The Morgan fingerprint density at radius 1 is 1.47 bits per heavy atom. The number of thioether (sulfide) groups is 1. The Morgan fingerprint density at radius 2 is 2.24 bits per heavy atom. The molecule has 1 heterocycles. The number of rotatable bonds is 4. The topological polar surface area (TPSA) is 55.1 Å². The molecular formula is C12H18N2O2S. The summed E-state index contributed by atoms with van der Waals surface area (Å²) >= 11 is 1.66. The zero-order valence-electron chi connectivity index (χ0n) is 10.3. The van der Waals surface area contributed by atoms with Crippen molar-refractivity contribution in [3.63, 3.8) is 0 Å². The summed E-state index contributed by atoms with van der Waals surface area (Å²) in [5.41, 5.74) is 2.09. The molecule has 0 saturated heterocycles. The zero-order chi connectivity index (χ0) is 12.4. The van der Waals surface area contributed by atoms with Gasteiger partial charge in [0, 0.05) is 16.5 Å². The average Bonchev–Trinajstić information content (AvgIpc) is 2.72. The van der Waals surface area contributed by atoms with Crippen molar-refractivity contribution in [2.45, 2.75) is 49.9 Å². The summed E-state index contributed by atoms with van der Waals surface area (Å²) in [4.78, 5) is 16.1. The Bertz CT molecular complexity index is 468. The third-order valence-corrected chi connectivity index (χ3v) is 3.90. The smallest absolute Gasteiger partial charge is 0.348 e. The van der Waals surface area contributed by atoms with Crippen molar-refractivity contribution in [2.24, 2.45) is 0 Å². The van der Waals surface area contributed by atoms with Crippen LogP contribution in [0.5, 0.6) is 0 Å². The maximum absolute atomic E-state index is 11.9. The number of aliphatic hydroxyl groups is 1. The zero-order valence-corrected chi connectivity index (χ0v) is 11.1. The van der Waals surface area contributed by atoms with Crippen LogP contribution < -0.4 is 5.69 Å². The van der Waals surface area contributed by atoms with Gasteiger partial charge in [-0.2, -0.15) is 4.98 Å². The molecular weight excluding hydrogens is 236 g/mol. The first-order valence-corrected chi connectivity index (χ1v) is 6.91. The lowest BCUT2D eigenvalue weighted by molar-refractivity contribution is 0.271. The molecule has 1 aliphatic carbocycles. The van der Waals surface area contributed by atoms with Gasteiger partial charge in [0.2, 0.25) is 0 Å². The van der Waals surface area contributed by atoms with E-state index in [9.17, 15) is 4.79 Å². The van der Waals surface area contributed by atoms with Gasteiger partial charge in [-0.15, -0.1) is 11.8 Å². The van der Waals surface area contributed by atoms with Crippen LogP contribution in [-0.4, -0.2) is 26.5 Å². The number of nitrogens with zero attached hydrogens (tertiary/aromatic N) is 2. The first kappa shape index (κ1) is 12.6. The molecule has 0 unspecified atom stereocenters. The molecule has 2 rings (SSSR count). The minimum absolute atomic E-state index is 0.00923. The summed E-state index contributed by atoms with van der Waals surface area (Å²) in [6.45, 7) is 4.56. The van der Waals surface area contributed by atoms with Gasteiger partial charge in [-0.3, -0.25) is 4.57 Å². The van der Waals surface area contributed by atoms with Crippen LogP contribution in [0, 0.1) is 0 Å². The van der Waals surface area contributed by atoms with Gasteiger partial charge in [-0.1, -0.05) is 13.8 Å². The SMILES string of the molecule is CC(C)Sc1nc(=O)n(CCO)c2c1CCC2. The molecule has 0 radical (unpaired) electrons. The minimum Gasteiger partial charge on any atom is -0.395 e. The molecule has 17 heavy (non-hydrogen) atoms. The van der Waals surface area contributed by atoms with Crippen molar-refractivity contribution in [3.8, 4) is 0 Å². The number of hydrogen-bond acceptors (Lipinski definition) is 4. The highest BCUT2D eigenvalue weighted by Crippen LogP contribution is 2.30. The van der Waals surface area contributed by atoms with Crippen LogP contribution in [0.3, 0.4) is 0 Å². The summed E-state index contributed by atoms with van der Waals surface area (Å²) < 4.78 is 1.63. The van der Waals surface area contributed by atoms with Crippen molar-refractivity contribution < 1.29 is 5.11 Å². The van der Waals surface area contributed by atoms with Gasteiger partial charge < -0.3 is 5.11 Å². The van der Waals surface area contributed by atoms with Crippen LogP contribution in [0.1, 0.15) is 31.5 Å². The monoisotopic (exact) mass is 254 g/mol. The van der Waals surface area contributed by atoms with E-state index in [-0.39, 0.29) is 12.3 Å². The quantitative estimate of drug-likeness (QED) is 0.648. The molecule has 1 aromatic heterocycles. The fraction of sp³-hybridized carbons (Fsp3) is 0.667. The molecule has 0 bridgehead atoms. The van der Waals surface area contributed by atoms with Gasteiger partial charge in [-0.25, -0.2) is 4.79 Å². The molecule has 0 spiro atoms. The van der Waals surface area contributed by atoms with Crippen molar-refractivity contribution in [1.82, 2.24) is 9.55 Å². The maximum Gasteiger partial charge on any atom is 0.348 e. The van der Waals surface area contributed by atoms with E-state index in [0.29, 0.717) is 11.8 Å². The predicted molar refractivity (Wildman–Crippen MR) is 68.6 cm³/mol. The van der Waals surface area contributed by atoms with E-state index in [2.05, 4.69) is 18.8 Å². The van der Waals surface area contributed by atoms with Crippen LogP contribution in [-0.2, 0) is 19.4 Å². The second-order valence-electron chi connectivity index (χ2n) is 4.52. The van der Waals surface area contributed by atoms with Crippen molar-refractivity contribution in [3.05, 3.63) is 21.7 Å². The molecule has 4 nitrogen and oxygen atoms in total. The standard InChI is InChI=1S/C12H18N2O2S/c1-8(2)17-11-9-4-3-5-10(9)14(6-7-15)12(16)13-11/h8,15H,3-7H2,1-2H3. The number of aromatic nitrogens is 2. The van der Waals surface area contributed by atoms with E-state index in [1.165, 1.54) is 5.56 Å². The van der Waals surface area contributed by atoms with E-state index in [1.54, 1.807) is 16.3 Å². The van der Waals surface area contributed by atoms with E-state index in [1.807, 2.05) is 0 Å². The molecule has 0 aliphatic heterocycles. The van der Waals surface area contributed by atoms with E-state index in [0.717, 1.165) is 30.0 Å². The van der Waals surface area contributed by atoms with E-state index < -0.39 is 0 Å². The summed E-state index contributed by atoms with van der Waals surface area (Å²) in [6.07, 6.45) is 3.01. The molecule has 0 atom stereocenters. The van der Waals surface area contributed by atoms with Gasteiger partial charge in [0.05, 0.1) is 13.2 Å². The molecule has 1 aliphatic rings. The first-order chi connectivity index (χ1) is 8.13. The summed E-state index contributed by atoms with van der Waals surface area (Å²) in [6, 6.07) is 0. The highest BCUT2D eigenvalue weighted by Gasteiger charge is 2.22.